The average molecular weight is 498 g/mol. The summed E-state index contributed by atoms with van der Waals surface area (Å²) in [6.45, 7) is 5.35. The maximum Gasteiger partial charge on any atom is 0.408 e. The van der Waals surface area contributed by atoms with Crippen LogP contribution in [0.3, 0.4) is 0 Å². The van der Waals surface area contributed by atoms with Crippen LogP contribution in [0.1, 0.15) is 50.8 Å². The lowest BCUT2D eigenvalue weighted by Crippen LogP contribution is -2.54. The Bertz CT molecular complexity index is 997. The van der Waals surface area contributed by atoms with Gasteiger partial charge in [-0.3, -0.25) is 14.4 Å². The van der Waals surface area contributed by atoms with E-state index in [2.05, 4.69) is 16.0 Å². The lowest BCUT2D eigenvalue weighted by molar-refractivity contribution is -0.140. The zero-order valence-corrected chi connectivity index (χ0v) is 20.9. The highest BCUT2D eigenvalue weighted by Crippen LogP contribution is 2.11. The van der Waals surface area contributed by atoms with E-state index < -0.39 is 41.9 Å². The first-order chi connectivity index (χ1) is 17.2. The van der Waals surface area contributed by atoms with Crippen molar-refractivity contribution in [3.8, 4) is 0 Å². The quantitative estimate of drug-likeness (QED) is 0.315. The monoisotopic (exact) mass is 497 g/mol. The minimum Gasteiger partial charge on any atom is -0.445 e. The molecule has 2 rings (SSSR count). The molecule has 0 aliphatic rings. The summed E-state index contributed by atoms with van der Waals surface area (Å²) in [5.41, 5.74) is 1.41. The molecular formula is C27H35N3O6. The summed E-state index contributed by atoms with van der Waals surface area (Å²) in [5.74, 6) is -2.26. The molecule has 9 nitrogen and oxygen atoms in total. The van der Waals surface area contributed by atoms with E-state index >= 15 is 0 Å². The van der Waals surface area contributed by atoms with Gasteiger partial charge in [0.15, 0.2) is 0 Å². The van der Waals surface area contributed by atoms with Crippen molar-refractivity contribution in [3.05, 3.63) is 71.8 Å². The molecule has 0 heterocycles. The van der Waals surface area contributed by atoms with Crippen LogP contribution in [-0.2, 0) is 25.7 Å². The highest BCUT2D eigenvalue weighted by molar-refractivity contribution is 6.38. The molecule has 0 spiro atoms. The number of carbonyl (C=O) groups is 4. The third kappa shape index (κ3) is 9.50. The molecule has 0 aliphatic heterocycles. The maximum atomic E-state index is 12.9. The molecule has 4 N–H and O–H groups in total. The van der Waals surface area contributed by atoms with Gasteiger partial charge < -0.3 is 25.8 Å². The predicted octanol–water partition coefficient (Wildman–Crippen LogP) is 2.64. The molecule has 3 atom stereocenters. The topological polar surface area (TPSA) is 134 Å². The fourth-order valence-electron chi connectivity index (χ4n) is 3.46. The molecule has 36 heavy (non-hydrogen) atoms. The van der Waals surface area contributed by atoms with E-state index in [9.17, 15) is 24.3 Å². The Kier molecular flexibility index (Phi) is 11.6. The van der Waals surface area contributed by atoms with Gasteiger partial charge in [0.1, 0.15) is 12.6 Å². The van der Waals surface area contributed by atoms with Gasteiger partial charge in [0, 0.05) is 6.54 Å². The number of ether oxygens (including phenoxy) is 1. The van der Waals surface area contributed by atoms with Crippen LogP contribution < -0.4 is 16.0 Å². The molecule has 0 fully saturated rings. The van der Waals surface area contributed by atoms with Gasteiger partial charge in [-0.05, 0) is 29.9 Å². The summed E-state index contributed by atoms with van der Waals surface area (Å²) in [7, 11) is 0. The van der Waals surface area contributed by atoms with Crippen LogP contribution in [-0.4, -0.2) is 47.4 Å². The number of hydrogen-bond acceptors (Lipinski definition) is 6. The Morgan fingerprint density at radius 3 is 2.08 bits per heavy atom. The van der Waals surface area contributed by atoms with E-state index in [1.165, 1.54) is 0 Å². The Hall–Kier alpha value is -3.72. The van der Waals surface area contributed by atoms with Crippen LogP contribution in [0, 0.1) is 5.92 Å². The second-order valence-corrected chi connectivity index (χ2v) is 8.86. The molecule has 2 aromatic carbocycles. The van der Waals surface area contributed by atoms with E-state index in [4.69, 9.17) is 4.74 Å². The molecule has 9 heteroatoms. The van der Waals surface area contributed by atoms with E-state index in [1.807, 2.05) is 44.2 Å². The standard InChI is InChI=1S/C27H35N3O6/c1-4-21(24(32)26(34)28-16-23(31)20-13-9-6-10-14-20)29-25(33)22(15-18(2)3)30-27(35)36-17-19-11-7-5-8-12-19/h5-14,18,21-23,31H,4,15-17H2,1-3H3,(H,28,34)(H,29,33)(H,30,35)/t21-,22-,23?/m0/s1. The fourth-order valence-corrected chi connectivity index (χ4v) is 3.46. The molecule has 0 aliphatic carbocycles. The lowest BCUT2D eigenvalue weighted by atomic mass is 10.0. The van der Waals surface area contributed by atoms with Crippen molar-refractivity contribution in [2.45, 2.75) is 58.4 Å². The number of hydrogen-bond donors (Lipinski definition) is 4. The number of ketones is 1. The van der Waals surface area contributed by atoms with Gasteiger partial charge in [-0.2, -0.15) is 0 Å². The third-order valence-corrected chi connectivity index (χ3v) is 5.43. The van der Waals surface area contributed by atoms with Crippen LogP contribution in [0.4, 0.5) is 4.79 Å². The van der Waals surface area contributed by atoms with Gasteiger partial charge in [-0.1, -0.05) is 81.4 Å². The molecule has 0 bridgehead atoms. The third-order valence-electron chi connectivity index (χ3n) is 5.43. The van der Waals surface area contributed by atoms with Crippen molar-refractivity contribution < 1.29 is 29.0 Å². The number of rotatable bonds is 13. The lowest BCUT2D eigenvalue weighted by Gasteiger charge is -2.23. The number of amides is 3. The van der Waals surface area contributed by atoms with Crippen LogP contribution >= 0.6 is 0 Å². The van der Waals surface area contributed by atoms with Crippen molar-refractivity contribution in [2.24, 2.45) is 5.92 Å². The second kappa shape index (κ2) is 14.6. The van der Waals surface area contributed by atoms with Gasteiger partial charge >= 0.3 is 6.09 Å². The molecule has 0 radical (unpaired) electrons. The Balaban J connectivity index is 1.92. The molecule has 0 aromatic heterocycles. The van der Waals surface area contributed by atoms with Gasteiger partial charge in [0.25, 0.3) is 5.91 Å². The molecule has 0 saturated carbocycles. The average Bonchev–Trinajstić information content (AvgIpc) is 2.88. The van der Waals surface area contributed by atoms with Crippen molar-refractivity contribution in [3.63, 3.8) is 0 Å². The minimum absolute atomic E-state index is 0.0494. The molecule has 1 unspecified atom stereocenters. The first kappa shape index (κ1) is 28.5. The van der Waals surface area contributed by atoms with Crippen molar-refractivity contribution in [2.75, 3.05) is 6.54 Å². The number of aliphatic hydroxyl groups excluding tert-OH is 1. The second-order valence-electron chi connectivity index (χ2n) is 8.86. The smallest absolute Gasteiger partial charge is 0.408 e. The van der Waals surface area contributed by atoms with Gasteiger partial charge in [-0.25, -0.2) is 4.79 Å². The first-order valence-electron chi connectivity index (χ1n) is 12.0. The number of carbonyl (C=O) groups excluding carboxylic acids is 4. The predicted molar refractivity (Wildman–Crippen MR) is 135 cm³/mol. The summed E-state index contributed by atoms with van der Waals surface area (Å²) in [6.07, 6.45) is -1.25. The number of aliphatic hydroxyl groups is 1. The van der Waals surface area contributed by atoms with Gasteiger partial charge in [0.05, 0.1) is 12.1 Å². The van der Waals surface area contributed by atoms with E-state index in [0.717, 1.165) is 5.56 Å². The Morgan fingerprint density at radius 1 is 0.889 bits per heavy atom. The zero-order valence-electron chi connectivity index (χ0n) is 20.9. The van der Waals surface area contributed by atoms with Crippen LogP contribution in [0.15, 0.2) is 60.7 Å². The van der Waals surface area contributed by atoms with Crippen LogP contribution in [0.25, 0.3) is 0 Å². The van der Waals surface area contributed by atoms with Crippen molar-refractivity contribution >= 4 is 23.7 Å². The number of alkyl carbamates (subject to hydrolysis) is 1. The molecule has 194 valence electrons. The van der Waals surface area contributed by atoms with Gasteiger partial charge in [-0.15, -0.1) is 0 Å². The highest BCUT2D eigenvalue weighted by Gasteiger charge is 2.30. The summed E-state index contributed by atoms with van der Waals surface area (Å²) in [4.78, 5) is 50.3. The van der Waals surface area contributed by atoms with Crippen molar-refractivity contribution in [1.82, 2.24) is 16.0 Å². The van der Waals surface area contributed by atoms with E-state index in [-0.39, 0.29) is 25.5 Å². The summed E-state index contributed by atoms with van der Waals surface area (Å²) in [5, 5.41) is 17.7. The van der Waals surface area contributed by atoms with E-state index in [1.54, 1.807) is 37.3 Å². The Morgan fingerprint density at radius 2 is 1.50 bits per heavy atom. The maximum absolute atomic E-state index is 12.9. The number of Topliss-reactive ketones (excluding diaryl/α,β-unsaturated/α-hetero) is 1. The number of benzene rings is 2. The molecule has 2 aromatic rings. The SMILES string of the molecule is CC[C@H](NC(=O)[C@H](CC(C)C)NC(=O)OCc1ccccc1)C(=O)C(=O)NCC(O)c1ccccc1. The van der Waals surface area contributed by atoms with Crippen molar-refractivity contribution in [1.29, 1.82) is 0 Å². The molecule has 0 saturated heterocycles. The van der Waals surface area contributed by atoms with Crippen LogP contribution in [0.2, 0.25) is 0 Å². The molecule has 3 amide bonds. The number of nitrogens with one attached hydrogen (secondary N) is 3. The summed E-state index contributed by atoms with van der Waals surface area (Å²) < 4.78 is 5.21. The first-order valence-corrected chi connectivity index (χ1v) is 12.0. The fraction of sp³-hybridized carbons (Fsp3) is 0.407. The van der Waals surface area contributed by atoms with E-state index in [0.29, 0.717) is 12.0 Å². The summed E-state index contributed by atoms with van der Waals surface area (Å²) >= 11 is 0. The largest absolute Gasteiger partial charge is 0.445 e. The Labute approximate surface area is 211 Å². The van der Waals surface area contributed by atoms with Gasteiger partial charge in [0.2, 0.25) is 11.7 Å². The minimum atomic E-state index is -1.08. The van der Waals surface area contributed by atoms with Crippen LogP contribution in [0.5, 0.6) is 0 Å². The zero-order chi connectivity index (χ0) is 26.5. The normalized spacial score (nSPS) is 13.2. The molecular weight excluding hydrogens is 462 g/mol. The highest BCUT2D eigenvalue weighted by atomic mass is 16.5. The summed E-state index contributed by atoms with van der Waals surface area (Å²) in [6, 6.07) is 15.8.